The van der Waals surface area contributed by atoms with Gasteiger partial charge in [-0.2, -0.15) is 0 Å². The monoisotopic (exact) mass is 559 g/mol. The first kappa shape index (κ1) is 24.9. The van der Waals surface area contributed by atoms with Crippen molar-refractivity contribution in [2.75, 3.05) is 53.3 Å². The number of aliphatic imine (C=N–C) groups is 1. The normalized spacial score (nSPS) is 24.1. The number of hydrogen-bond acceptors (Lipinski definition) is 6. The van der Waals surface area contributed by atoms with Crippen LogP contribution in [0.15, 0.2) is 23.2 Å². The van der Waals surface area contributed by atoms with Crippen LogP contribution in [0.5, 0.6) is 11.5 Å². The molecule has 1 aromatic carbocycles. The lowest BCUT2D eigenvalue weighted by Crippen LogP contribution is -2.43. The van der Waals surface area contributed by atoms with E-state index in [9.17, 15) is 4.79 Å². The van der Waals surface area contributed by atoms with Crippen molar-refractivity contribution in [3.05, 3.63) is 23.8 Å². The zero-order valence-electron chi connectivity index (χ0n) is 19.1. The van der Waals surface area contributed by atoms with Crippen molar-refractivity contribution in [2.45, 2.75) is 32.1 Å². The molecule has 2 saturated heterocycles. The summed E-state index contributed by atoms with van der Waals surface area (Å²) in [4.78, 5) is 19.4. The summed E-state index contributed by atoms with van der Waals surface area (Å²) in [7, 11) is 1.46. The van der Waals surface area contributed by atoms with E-state index in [4.69, 9.17) is 23.9 Å². The molecule has 0 saturated carbocycles. The van der Waals surface area contributed by atoms with Crippen molar-refractivity contribution < 1.29 is 23.7 Å². The molecule has 1 N–H and O–H groups in total. The Kier molecular flexibility index (Phi) is 8.49. The van der Waals surface area contributed by atoms with Gasteiger partial charge in [0.2, 0.25) is 6.79 Å². The van der Waals surface area contributed by atoms with Gasteiger partial charge in [-0.05, 0) is 43.4 Å². The minimum Gasteiger partial charge on any atom is -0.469 e. The fourth-order valence-electron chi connectivity index (χ4n) is 4.78. The third kappa shape index (κ3) is 5.08. The van der Waals surface area contributed by atoms with E-state index in [1.165, 1.54) is 12.7 Å². The molecule has 178 valence electrons. The molecule has 0 radical (unpaired) electrons. The maximum absolute atomic E-state index is 12.1. The second kappa shape index (κ2) is 10.9. The number of methoxy groups -OCH3 is 1. The van der Waals surface area contributed by atoms with Crippen LogP contribution in [0.3, 0.4) is 0 Å². The first-order valence-corrected chi connectivity index (χ1v) is 11.2. The summed E-state index contributed by atoms with van der Waals surface area (Å²) in [6.45, 7) is 8.68. The number of guanidine groups is 1. The van der Waals surface area contributed by atoms with Crippen LogP contribution in [0.2, 0.25) is 0 Å². The van der Waals surface area contributed by atoms with E-state index in [0.717, 1.165) is 43.4 Å². The molecule has 0 aromatic heterocycles. The van der Waals surface area contributed by atoms with Crippen molar-refractivity contribution >= 4 is 35.9 Å². The summed E-state index contributed by atoms with van der Waals surface area (Å²) in [5.41, 5.74) is 1.09. The Labute approximate surface area is 207 Å². The molecule has 2 unspecified atom stereocenters. The Hall–Kier alpha value is -1.75. The largest absolute Gasteiger partial charge is 0.469 e. The van der Waals surface area contributed by atoms with Crippen molar-refractivity contribution in [2.24, 2.45) is 16.8 Å². The van der Waals surface area contributed by atoms with E-state index >= 15 is 0 Å². The minimum atomic E-state index is -0.146. The van der Waals surface area contributed by atoms with Gasteiger partial charge >= 0.3 is 5.97 Å². The second-order valence-corrected chi connectivity index (χ2v) is 8.64. The van der Waals surface area contributed by atoms with Gasteiger partial charge in [-0.3, -0.25) is 9.79 Å². The standard InChI is InChI=1S/C23H33N3O5.HI/c1-4-24-22(26-12-16(2)18(13-26)21(27)28-3)25-14-23(7-9-29-10-8-23)17-5-6-19-20(11-17)31-15-30-19;/h5-6,11,16,18H,4,7-10,12-15H2,1-3H3,(H,24,25);1H. The van der Waals surface area contributed by atoms with Crippen LogP contribution >= 0.6 is 24.0 Å². The number of ether oxygens (including phenoxy) is 4. The molecule has 8 nitrogen and oxygen atoms in total. The maximum atomic E-state index is 12.1. The van der Waals surface area contributed by atoms with E-state index in [1.54, 1.807) is 0 Å². The summed E-state index contributed by atoms with van der Waals surface area (Å²) >= 11 is 0. The zero-order valence-corrected chi connectivity index (χ0v) is 21.4. The predicted molar refractivity (Wildman–Crippen MR) is 132 cm³/mol. The van der Waals surface area contributed by atoms with Gasteiger partial charge in [0.15, 0.2) is 17.5 Å². The number of hydrogen-bond donors (Lipinski definition) is 1. The highest BCUT2D eigenvalue weighted by Gasteiger charge is 2.39. The van der Waals surface area contributed by atoms with Crippen LogP contribution in [0.25, 0.3) is 0 Å². The van der Waals surface area contributed by atoms with Crippen LogP contribution < -0.4 is 14.8 Å². The number of halogens is 1. The summed E-state index contributed by atoms with van der Waals surface area (Å²) in [6.07, 6.45) is 1.80. The first-order valence-electron chi connectivity index (χ1n) is 11.2. The number of nitrogens with one attached hydrogen (secondary N) is 1. The molecule has 3 aliphatic heterocycles. The summed E-state index contributed by atoms with van der Waals surface area (Å²) in [6, 6.07) is 6.22. The van der Waals surface area contributed by atoms with Gasteiger partial charge in [0.05, 0.1) is 19.6 Å². The molecule has 2 atom stereocenters. The lowest BCUT2D eigenvalue weighted by Gasteiger charge is -2.37. The van der Waals surface area contributed by atoms with Crippen LogP contribution in [0.4, 0.5) is 0 Å². The van der Waals surface area contributed by atoms with Crippen LogP contribution in [-0.4, -0.2) is 70.1 Å². The smallest absolute Gasteiger partial charge is 0.310 e. The molecule has 4 rings (SSSR count). The molecule has 3 heterocycles. The van der Waals surface area contributed by atoms with E-state index < -0.39 is 0 Å². The van der Waals surface area contributed by atoms with E-state index in [2.05, 4.69) is 36.2 Å². The van der Waals surface area contributed by atoms with Crippen molar-refractivity contribution in [3.63, 3.8) is 0 Å². The summed E-state index contributed by atoms with van der Waals surface area (Å²) < 4.78 is 21.8. The zero-order chi connectivity index (χ0) is 21.8. The second-order valence-electron chi connectivity index (χ2n) is 8.64. The van der Waals surface area contributed by atoms with E-state index in [0.29, 0.717) is 26.3 Å². The average Bonchev–Trinajstić information content (AvgIpc) is 3.42. The third-order valence-electron chi connectivity index (χ3n) is 6.72. The topological polar surface area (TPSA) is 81.6 Å². The number of fused-ring (bicyclic) bond motifs is 1. The molecular formula is C23H34IN3O5. The number of benzene rings is 1. The van der Waals surface area contributed by atoms with Crippen LogP contribution in [0.1, 0.15) is 32.3 Å². The Morgan fingerprint density at radius 3 is 2.72 bits per heavy atom. The van der Waals surface area contributed by atoms with Crippen molar-refractivity contribution in [1.82, 2.24) is 10.2 Å². The van der Waals surface area contributed by atoms with Gasteiger partial charge in [-0.1, -0.05) is 13.0 Å². The lowest BCUT2D eigenvalue weighted by molar-refractivity contribution is -0.145. The van der Waals surface area contributed by atoms with Gasteiger partial charge in [0.25, 0.3) is 0 Å². The van der Waals surface area contributed by atoms with E-state index in [1.807, 2.05) is 6.07 Å². The minimum absolute atomic E-state index is 0. The highest BCUT2D eigenvalue weighted by molar-refractivity contribution is 14.0. The Bertz CT molecular complexity index is 828. The van der Waals surface area contributed by atoms with Crippen LogP contribution in [0, 0.1) is 11.8 Å². The van der Waals surface area contributed by atoms with Crippen molar-refractivity contribution in [1.29, 1.82) is 0 Å². The number of esters is 1. The number of carbonyl (C=O) groups is 1. The molecular weight excluding hydrogens is 525 g/mol. The van der Waals surface area contributed by atoms with Gasteiger partial charge in [-0.25, -0.2) is 0 Å². The number of rotatable bonds is 5. The highest BCUT2D eigenvalue weighted by Crippen LogP contribution is 2.41. The fraction of sp³-hybridized carbons (Fsp3) is 0.652. The molecule has 2 fully saturated rings. The summed E-state index contributed by atoms with van der Waals surface area (Å²) in [5, 5.41) is 3.42. The first-order chi connectivity index (χ1) is 15.1. The molecule has 32 heavy (non-hydrogen) atoms. The highest BCUT2D eigenvalue weighted by atomic mass is 127. The van der Waals surface area contributed by atoms with E-state index in [-0.39, 0.29) is 54.0 Å². The molecule has 0 spiro atoms. The predicted octanol–water partition coefficient (Wildman–Crippen LogP) is 2.79. The molecule has 0 amide bonds. The van der Waals surface area contributed by atoms with Crippen molar-refractivity contribution in [3.8, 4) is 11.5 Å². The lowest BCUT2D eigenvalue weighted by atomic mass is 9.74. The van der Waals surface area contributed by atoms with Gasteiger partial charge in [0, 0.05) is 38.3 Å². The van der Waals surface area contributed by atoms with Gasteiger partial charge in [0.1, 0.15) is 0 Å². The third-order valence-corrected chi connectivity index (χ3v) is 6.72. The Balaban J connectivity index is 0.00000289. The number of carbonyl (C=O) groups excluding carboxylic acids is 1. The Morgan fingerprint density at radius 1 is 1.25 bits per heavy atom. The fourth-order valence-corrected chi connectivity index (χ4v) is 4.78. The number of likely N-dealkylation sites (tertiary alicyclic amines) is 1. The summed E-state index contributed by atoms with van der Waals surface area (Å²) in [5.74, 6) is 2.40. The molecule has 9 heteroatoms. The van der Waals surface area contributed by atoms with Gasteiger partial charge in [-0.15, -0.1) is 24.0 Å². The number of nitrogens with zero attached hydrogens (tertiary/aromatic N) is 2. The maximum Gasteiger partial charge on any atom is 0.310 e. The molecule has 1 aromatic rings. The van der Waals surface area contributed by atoms with Gasteiger partial charge < -0.3 is 29.2 Å². The molecule has 3 aliphatic rings. The Morgan fingerprint density at radius 2 is 2.00 bits per heavy atom. The molecule has 0 bridgehead atoms. The average molecular weight is 559 g/mol. The van der Waals surface area contributed by atoms with Crippen LogP contribution in [-0.2, 0) is 19.7 Å². The molecule has 0 aliphatic carbocycles. The SMILES string of the molecule is CCNC(=NCC1(c2ccc3c(c2)OCO3)CCOCC1)N1CC(C)C(C(=O)OC)C1.I. The quantitative estimate of drug-likeness (QED) is 0.257.